The summed E-state index contributed by atoms with van der Waals surface area (Å²) >= 11 is 0. The topological polar surface area (TPSA) is 32.6 Å². The average Bonchev–Trinajstić information content (AvgIpc) is 2.76. The molecule has 1 N–H and O–H groups in total. The smallest absolute Gasteiger partial charge is 0.137 e. The highest BCUT2D eigenvalue weighted by Crippen LogP contribution is 2.12. The minimum atomic E-state index is 0. The predicted molar refractivity (Wildman–Crippen MR) is 87.2 cm³/mol. The van der Waals surface area contributed by atoms with E-state index in [4.69, 9.17) is 4.98 Å². The Hall–Kier alpha value is -0.810. The van der Waals surface area contributed by atoms with E-state index in [0.29, 0.717) is 6.04 Å². The Morgan fingerprint density at radius 2 is 2.15 bits per heavy atom. The van der Waals surface area contributed by atoms with Crippen molar-refractivity contribution in [3.05, 3.63) is 35.8 Å². The number of pyridine rings is 1. The third-order valence-corrected chi connectivity index (χ3v) is 3.75. The molecule has 1 fully saturated rings. The van der Waals surface area contributed by atoms with E-state index >= 15 is 0 Å². The lowest BCUT2D eigenvalue weighted by Crippen LogP contribution is -2.49. The number of nitrogens with zero attached hydrogens (tertiary/aromatic N) is 3. The molecule has 112 valence electrons. The summed E-state index contributed by atoms with van der Waals surface area (Å²) in [6.07, 6.45) is 2.17. The highest BCUT2D eigenvalue weighted by Gasteiger charge is 2.18. The fraction of sp³-hybridized carbons (Fsp3) is 0.500. The number of rotatable bonds is 2. The number of hydrogen-bond acceptors (Lipinski definition) is 3. The van der Waals surface area contributed by atoms with Gasteiger partial charge in [-0.3, -0.25) is 4.90 Å². The van der Waals surface area contributed by atoms with E-state index < -0.39 is 0 Å². The molecule has 6 heteroatoms. The fourth-order valence-corrected chi connectivity index (χ4v) is 2.60. The summed E-state index contributed by atoms with van der Waals surface area (Å²) in [5.41, 5.74) is 3.45. The number of nitrogens with one attached hydrogen (secondary N) is 1. The number of aryl methyl sites for hydroxylation is 1. The molecule has 3 rings (SSSR count). The molecular formula is C14H22Cl2N4. The summed E-state index contributed by atoms with van der Waals surface area (Å²) in [7, 11) is 0. The maximum absolute atomic E-state index is 4.70. The average molecular weight is 317 g/mol. The number of halogens is 2. The zero-order valence-corrected chi connectivity index (χ0v) is 13.5. The van der Waals surface area contributed by atoms with Crippen LogP contribution < -0.4 is 5.32 Å². The molecule has 0 saturated carbocycles. The molecule has 20 heavy (non-hydrogen) atoms. The summed E-state index contributed by atoms with van der Waals surface area (Å²) < 4.78 is 2.17. The van der Waals surface area contributed by atoms with E-state index in [2.05, 4.69) is 52.9 Å². The largest absolute Gasteiger partial charge is 0.314 e. The Bertz CT molecular complexity index is 555. The van der Waals surface area contributed by atoms with Crippen molar-refractivity contribution in [2.75, 3.05) is 19.6 Å². The van der Waals surface area contributed by atoms with Gasteiger partial charge in [-0.05, 0) is 26.0 Å². The number of imidazole rings is 1. The van der Waals surface area contributed by atoms with E-state index in [1.807, 2.05) is 0 Å². The monoisotopic (exact) mass is 316 g/mol. The van der Waals surface area contributed by atoms with E-state index in [-0.39, 0.29) is 24.8 Å². The normalized spacial score (nSPS) is 19.4. The molecule has 0 unspecified atom stereocenters. The zero-order chi connectivity index (χ0) is 12.5. The minimum Gasteiger partial charge on any atom is -0.314 e. The van der Waals surface area contributed by atoms with Crippen molar-refractivity contribution in [1.29, 1.82) is 0 Å². The first-order valence-corrected chi connectivity index (χ1v) is 6.62. The van der Waals surface area contributed by atoms with Gasteiger partial charge in [0.05, 0.1) is 5.69 Å². The van der Waals surface area contributed by atoms with Crippen LogP contribution in [0.1, 0.15) is 18.3 Å². The van der Waals surface area contributed by atoms with Crippen LogP contribution in [0.5, 0.6) is 0 Å². The number of hydrogen-bond donors (Lipinski definition) is 1. The maximum Gasteiger partial charge on any atom is 0.137 e. The van der Waals surface area contributed by atoms with Gasteiger partial charge in [-0.1, -0.05) is 6.07 Å². The van der Waals surface area contributed by atoms with Crippen molar-refractivity contribution >= 4 is 30.5 Å². The molecule has 0 aliphatic carbocycles. The first-order valence-electron chi connectivity index (χ1n) is 6.62. The van der Waals surface area contributed by atoms with Crippen molar-refractivity contribution < 1.29 is 0 Å². The van der Waals surface area contributed by atoms with Crippen LogP contribution in [0, 0.1) is 6.92 Å². The lowest BCUT2D eigenvalue weighted by molar-refractivity contribution is 0.164. The van der Waals surface area contributed by atoms with Crippen LogP contribution in [-0.4, -0.2) is 40.0 Å². The molecule has 1 aliphatic rings. The van der Waals surface area contributed by atoms with Crippen LogP contribution in [0.4, 0.5) is 0 Å². The molecule has 2 aromatic rings. The van der Waals surface area contributed by atoms with Gasteiger partial charge in [-0.15, -0.1) is 24.8 Å². The van der Waals surface area contributed by atoms with E-state index in [9.17, 15) is 0 Å². The van der Waals surface area contributed by atoms with Crippen molar-refractivity contribution in [3.63, 3.8) is 0 Å². The van der Waals surface area contributed by atoms with Crippen LogP contribution in [0.3, 0.4) is 0 Å². The van der Waals surface area contributed by atoms with Gasteiger partial charge in [-0.2, -0.15) is 0 Å². The van der Waals surface area contributed by atoms with Gasteiger partial charge >= 0.3 is 0 Å². The molecule has 0 amide bonds. The molecule has 0 spiro atoms. The van der Waals surface area contributed by atoms with E-state index in [0.717, 1.165) is 37.5 Å². The molecule has 1 atom stereocenters. The van der Waals surface area contributed by atoms with Crippen molar-refractivity contribution in [1.82, 2.24) is 19.6 Å². The van der Waals surface area contributed by atoms with Crippen LogP contribution in [0.2, 0.25) is 0 Å². The molecular weight excluding hydrogens is 295 g/mol. The van der Waals surface area contributed by atoms with Crippen LogP contribution in [-0.2, 0) is 6.54 Å². The molecule has 3 heterocycles. The van der Waals surface area contributed by atoms with Gasteiger partial charge in [0.15, 0.2) is 0 Å². The summed E-state index contributed by atoms with van der Waals surface area (Å²) in [4.78, 5) is 7.20. The molecule has 0 aromatic carbocycles. The maximum atomic E-state index is 4.70. The Morgan fingerprint density at radius 3 is 2.85 bits per heavy atom. The van der Waals surface area contributed by atoms with E-state index in [1.165, 1.54) is 5.69 Å². The van der Waals surface area contributed by atoms with Crippen LogP contribution in [0.25, 0.3) is 5.65 Å². The van der Waals surface area contributed by atoms with Crippen molar-refractivity contribution in [3.8, 4) is 0 Å². The molecule has 2 aromatic heterocycles. The standard InChI is InChI=1S/C14H20N4.2ClH/c1-11-4-3-5-14-16-13(10-18(11)14)9-17-7-6-15-8-12(17)2;;/h3-5,10,12,15H,6-9H2,1-2H3;2*1H/t12-;;/m0../s1. The van der Waals surface area contributed by atoms with Gasteiger partial charge < -0.3 is 9.72 Å². The molecule has 0 radical (unpaired) electrons. The first-order chi connectivity index (χ1) is 8.74. The minimum absolute atomic E-state index is 0. The summed E-state index contributed by atoms with van der Waals surface area (Å²) in [5, 5.41) is 3.42. The summed E-state index contributed by atoms with van der Waals surface area (Å²) in [6, 6.07) is 6.84. The Kier molecular flexibility index (Phi) is 6.27. The van der Waals surface area contributed by atoms with Gasteiger partial charge in [-0.25, -0.2) is 4.98 Å². The van der Waals surface area contributed by atoms with Gasteiger partial charge in [0.1, 0.15) is 5.65 Å². The second kappa shape index (κ2) is 7.27. The van der Waals surface area contributed by atoms with Crippen LogP contribution >= 0.6 is 24.8 Å². The van der Waals surface area contributed by atoms with Gasteiger partial charge in [0.2, 0.25) is 0 Å². The third-order valence-electron chi connectivity index (χ3n) is 3.75. The van der Waals surface area contributed by atoms with Gasteiger partial charge in [0, 0.05) is 44.1 Å². The Balaban J connectivity index is 0.000001000. The highest BCUT2D eigenvalue weighted by molar-refractivity contribution is 5.85. The summed E-state index contributed by atoms with van der Waals surface area (Å²) in [5.74, 6) is 0. The second-order valence-electron chi connectivity index (χ2n) is 5.15. The molecule has 4 nitrogen and oxygen atoms in total. The molecule has 1 aliphatic heterocycles. The molecule has 1 saturated heterocycles. The third kappa shape index (κ3) is 3.44. The highest BCUT2D eigenvalue weighted by atomic mass is 35.5. The lowest BCUT2D eigenvalue weighted by atomic mass is 10.2. The van der Waals surface area contributed by atoms with Crippen molar-refractivity contribution in [2.24, 2.45) is 0 Å². The Morgan fingerprint density at radius 1 is 1.35 bits per heavy atom. The predicted octanol–water partition coefficient (Wildman–Crippen LogP) is 2.28. The lowest BCUT2D eigenvalue weighted by Gasteiger charge is -2.33. The van der Waals surface area contributed by atoms with Crippen molar-refractivity contribution in [2.45, 2.75) is 26.4 Å². The number of piperazine rings is 1. The van der Waals surface area contributed by atoms with E-state index in [1.54, 1.807) is 0 Å². The SMILES string of the molecule is Cc1cccc2nc(CN3CCNC[C@@H]3C)cn12.Cl.Cl. The van der Waals surface area contributed by atoms with Gasteiger partial charge in [0.25, 0.3) is 0 Å². The second-order valence-corrected chi connectivity index (χ2v) is 5.15. The fourth-order valence-electron chi connectivity index (χ4n) is 2.60. The summed E-state index contributed by atoms with van der Waals surface area (Å²) in [6.45, 7) is 8.60. The number of fused-ring (bicyclic) bond motifs is 1. The number of aromatic nitrogens is 2. The first kappa shape index (κ1) is 17.2. The van der Waals surface area contributed by atoms with Crippen LogP contribution in [0.15, 0.2) is 24.4 Å². The zero-order valence-electron chi connectivity index (χ0n) is 11.9. The molecule has 0 bridgehead atoms. The quantitative estimate of drug-likeness (QED) is 0.922. The Labute approximate surface area is 132 Å².